The van der Waals surface area contributed by atoms with Crippen LogP contribution < -0.4 is 16.4 Å². The van der Waals surface area contributed by atoms with Crippen LogP contribution in [0.2, 0.25) is 5.28 Å². The van der Waals surface area contributed by atoms with E-state index in [4.69, 9.17) is 23.1 Å². The lowest BCUT2D eigenvalue weighted by Gasteiger charge is -2.36. The molecule has 7 nitrogen and oxygen atoms in total. The Morgan fingerprint density at radius 3 is 2.72 bits per heavy atom. The fourth-order valence-corrected chi connectivity index (χ4v) is 2.26. The largest absolute Gasteiger partial charge is 0.369 e. The number of hydrogen-bond acceptors (Lipinski definition) is 6. The third kappa shape index (κ3) is 2.61. The zero-order valence-corrected chi connectivity index (χ0v) is 10.8. The Hall–Kier alpha value is -1.63. The second kappa shape index (κ2) is 4.93. The van der Waals surface area contributed by atoms with Gasteiger partial charge in [-0.15, -0.1) is 0 Å². The zero-order chi connectivity index (χ0) is 13.3. The molecule has 0 saturated carbocycles. The maximum atomic E-state index is 11.3. The molecule has 1 aliphatic rings. The van der Waals surface area contributed by atoms with Gasteiger partial charge in [-0.05, 0) is 31.4 Å². The van der Waals surface area contributed by atoms with Crippen LogP contribution in [-0.4, -0.2) is 33.4 Å². The smallest absolute Gasteiger partial charge is 0.231 e. The quantitative estimate of drug-likeness (QED) is 0.794. The molecule has 0 aliphatic carbocycles. The number of aromatic nitrogens is 3. The monoisotopic (exact) mass is 270 g/mol. The van der Waals surface area contributed by atoms with Crippen LogP contribution in [0.15, 0.2) is 0 Å². The molecule has 1 aliphatic heterocycles. The van der Waals surface area contributed by atoms with Crippen molar-refractivity contribution >= 4 is 29.4 Å². The van der Waals surface area contributed by atoms with Crippen LogP contribution in [-0.2, 0) is 4.79 Å². The van der Waals surface area contributed by atoms with Gasteiger partial charge in [0.2, 0.25) is 23.1 Å². The van der Waals surface area contributed by atoms with E-state index in [0.29, 0.717) is 12.5 Å². The van der Waals surface area contributed by atoms with Gasteiger partial charge in [-0.25, -0.2) is 0 Å². The topological polar surface area (TPSA) is 111 Å². The number of piperidine rings is 1. The lowest BCUT2D eigenvalue weighted by Crippen LogP contribution is -2.46. The van der Waals surface area contributed by atoms with Crippen molar-refractivity contribution in [2.75, 3.05) is 17.2 Å². The summed E-state index contributed by atoms with van der Waals surface area (Å²) in [5.41, 5.74) is 10.9. The SMILES string of the molecule is CC1CCC(C(N)=O)CN1c1nc(N)nc(Cl)n1. The summed E-state index contributed by atoms with van der Waals surface area (Å²) in [5, 5.41) is 0.0471. The predicted molar refractivity (Wildman–Crippen MR) is 68.0 cm³/mol. The van der Waals surface area contributed by atoms with E-state index in [1.54, 1.807) is 0 Å². The van der Waals surface area contributed by atoms with E-state index in [0.717, 1.165) is 12.8 Å². The summed E-state index contributed by atoms with van der Waals surface area (Å²) in [7, 11) is 0. The summed E-state index contributed by atoms with van der Waals surface area (Å²) in [6.45, 7) is 2.52. The molecule has 2 rings (SSSR count). The van der Waals surface area contributed by atoms with E-state index in [1.807, 2.05) is 11.8 Å². The van der Waals surface area contributed by atoms with Gasteiger partial charge >= 0.3 is 0 Å². The fraction of sp³-hybridized carbons (Fsp3) is 0.600. The number of carbonyl (C=O) groups is 1. The summed E-state index contributed by atoms with van der Waals surface area (Å²) in [6, 6.07) is 0.207. The second-order valence-electron chi connectivity index (χ2n) is 4.44. The first-order chi connectivity index (χ1) is 8.47. The van der Waals surface area contributed by atoms with Crippen LogP contribution in [0.5, 0.6) is 0 Å². The molecule has 0 bridgehead atoms. The average molecular weight is 271 g/mol. The molecule has 1 saturated heterocycles. The van der Waals surface area contributed by atoms with Crippen molar-refractivity contribution in [3.63, 3.8) is 0 Å². The van der Waals surface area contributed by atoms with Crippen LogP contribution in [0.1, 0.15) is 19.8 Å². The Morgan fingerprint density at radius 1 is 1.39 bits per heavy atom. The van der Waals surface area contributed by atoms with Crippen molar-refractivity contribution in [1.82, 2.24) is 15.0 Å². The molecule has 18 heavy (non-hydrogen) atoms. The lowest BCUT2D eigenvalue weighted by molar-refractivity contribution is -0.122. The average Bonchev–Trinajstić information content (AvgIpc) is 2.27. The van der Waals surface area contributed by atoms with Crippen molar-refractivity contribution in [3.05, 3.63) is 5.28 Å². The lowest BCUT2D eigenvalue weighted by atomic mass is 9.93. The van der Waals surface area contributed by atoms with Crippen LogP contribution in [0, 0.1) is 5.92 Å². The van der Waals surface area contributed by atoms with Gasteiger partial charge < -0.3 is 16.4 Å². The molecule has 1 amide bonds. The van der Waals surface area contributed by atoms with Crippen LogP contribution >= 0.6 is 11.6 Å². The van der Waals surface area contributed by atoms with Gasteiger partial charge in [0.1, 0.15) is 0 Å². The van der Waals surface area contributed by atoms with Gasteiger partial charge in [0.25, 0.3) is 0 Å². The fourth-order valence-electron chi connectivity index (χ4n) is 2.10. The van der Waals surface area contributed by atoms with E-state index < -0.39 is 0 Å². The van der Waals surface area contributed by atoms with Gasteiger partial charge in [0.05, 0.1) is 5.92 Å². The predicted octanol–water partition coefficient (Wildman–Crippen LogP) is 0.197. The summed E-state index contributed by atoms with van der Waals surface area (Å²) in [6.07, 6.45) is 1.62. The van der Waals surface area contributed by atoms with Gasteiger partial charge in [0, 0.05) is 12.6 Å². The highest BCUT2D eigenvalue weighted by Crippen LogP contribution is 2.25. The molecular weight excluding hydrogens is 256 g/mol. The first-order valence-electron chi connectivity index (χ1n) is 5.70. The first-order valence-corrected chi connectivity index (χ1v) is 6.08. The molecule has 4 N–H and O–H groups in total. The minimum absolute atomic E-state index is 0.0471. The van der Waals surface area contributed by atoms with E-state index in [2.05, 4.69) is 15.0 Å². The molecule has 8 heteroatoms. The molecule has 2 unspecified atom stereocenters. The molecular formula is C10H15ClN6O. The number of rotatable bonds is 2. The molecule has 0 aromatic carbocycles. The number of halogens is 1. The molecule has 1 aromatic rings. The first kappa shape index (κ1) is 12.8. The Balaban J connectivity index is 2.26. The highest BCUT2D eigenvalue weighted by Gasteiger charge is 2.30. The minimum Gasteiger partial charge on any atom is -0.369 e. The third-order valence-electron chi connectivity index (χ3n) is 3.15. The second-order valence-corrected chi connectivity index (χ2v) is 4.78. The van der Waals surface area contributed by atoms with Gasteiger partial charge in [-0.3, -0.25) is 4.79 Å². The number of anilines is 2. The van der Waals surface area contributed by atoms with Gasteiger partial charge in [-0.2, -0.15) is 15.0 Å². The highest BCUT2D eigenvalue weighted by atomic mass is 35.5. The van der Waals surface area contributed by atoms with Crippen molar-refractivity contribution in [2.24, 2.45) is 11.7 Å². The van der Waals surface area contributed by atoms with Crippen molar-refractivity contribution in [3.8, 4) is 0 Å². The Morgan fingerprint density at radius 2 is 2.11 bits per heavy atom. The Bertz CT molecular complexity index is 447. The summed E-state index contributed by atoms with van der Waals surface area (Å²) >= 11 is 5.76. The van der Waals surface area contributed by atoms with Gasteiger partial charge in [0.15, 0.2) is 0 Å². The molecule has 98 valence electrons. The van der Waals surface area contributed by atoms with Crippen molar-refractivity contribution < 1.29 is 4.79 Å². The molecule has 1 aromatic heterocycles. The van der Waals surface area contributed by atoms with E-state index in [1.165, 1.54) is 0 Å². The normalized spacial score (nSPS) is 24.0. The third-order valence-corrected chi connectivity index (χ3v) is 3.32. The standard InChI is InChI=1S/C10H15ClN6O/c1-5-2-3-6(7(12)18)4-17(5)10-15-8(11)14-9(13)16-10/h5-6H,2-4H2,1H3,(H2,12,18)(H2,13,14,15,16). The summed E-state index contributed by atoms with van der Waals surface area (Å²) in [4.78, 5) is 25.0. The van der Waals surface area contributed by atoms with E-state index in [-0.39, 0.29) is 29.1 Å². The molecule has 2 heterocycles. The van der Waals surface area contributed by atoms with E-state index in [9.17, 15) is 4.79 Å². The molecule has 2 atom stereocenters. The molecule has 1 fully saturated rings. The number of nitrogen functional groups attached to an aromatic ring is 1. The number of nitrogens with two attached hydrogens (primary N) is 2. The Labute approximate surface area is 110 Å². The number of hydrogen-bond donors (Lipinski definition) is 2. The van der Waals surface area contributed by atoms with Gasteiger partial charge in [-0.1, -0.05) is 0 Å². The molecule has 0 spiro atoms. The van der Waals surface area contributed by atoms with Crippen LogP contribution in [0.3, 0.4) is 0 Å². The summed E-state index contributed by atoms with van der Waals surface area (Å²) in [5.74, 6) is -0.0395. The minimum atomic E-state index is -0.306. The van der Waals surface area contributed by atoms with Crippen molar-refractivity contribution in [1.29, 1.82) is 0 Å². The maximum absolute atomic E-state index is 11.3. The van der Waals surface area contributed by atoms with Crippen molar-refractivity contribution in [2.45, 2.75) is 25.8 Å². The molecule has 0 radical (unpaired) electrons. The highest BCUT2D eigenvalue weighted by molar-refractivity contribution is 6.28. The van der Waals surface area contributed by atoms with Crippen LogP contribution in [0.25, 0.3) is 0 Å². The zero-order valence-electron chi connectivity index (χ0n) is 10.0. The number of carbonyl (C=O) groups excluding carboxylic acids is 1. The number of amides is 1. The van der Waals surface area contributed by atoms with Crippen LogP contribution in [0.4, 0.5) is 11.9 Å². The van der Waals surface area contributed by atoms with E-state index >= 15 is 0 Å². The number of nitrogens with zero attached hydrogens (tertiary/aromatic N) is 4. The number of primary amides is 1. The maximum Gasteiger partial charge on any atom is 0.231 e. The Kier molecular flexibility index (Phi) is 3.51. The summed E-state index contributed by atoms with van der Waals surface area (Å²) < 4.78 is 0.